The van der Waals surface area contributed by atoms with Gasteiger partial charge in [-0.25, -0.2) is 0 Å². The lowest BCUT2D eigenvalue weighted by molar-refractivity contribution is 0.112. The first-order chi connectivity index (χ1) is 9.54. The normalized spacial score (nSPS) is 20.5. The lowest BCUT2D eigenvalue weighted by Crippen LogP contribution is -2.53. The molecule has 0 bridgehead atoms. The highest BCUT2D eigenvalue weighted by Crippen LogP contribution is 2.42. The summed E-state index contributed by atoms with van der Waals surface area (Å²) in [5.41, 5.74) is 5.96. The van der Waals surface area contributed by atoms with Crippen LogP contribution < -0.4 is 11.3 Å². The molecular weight excluding hydrogens is 246 g/mol. The Labute approximate surface area is 123 Å². The highest BCUT2D eigenvalue weighted by Gasteiger charge is 2.37. The van der Waals surface area contributed by atoms with Crippen LogP contribution in [0.4, 0.5) is 0 Å². The zero-order valence-corrected chi connectivity index (χ0v) is 13.3. The zero-order valence-electron chi connectivity index (χ0n) is 13.3. The maximum absolute atomic E-state index is 5.96. The van der Waals surface area contributed by atoms with Gasteiger partial charge in [-0.05, 0) is 57.3 Å². The Morgan fingerprint density at radius 3 is 2.45 bits per heavy atom. The minimum atomic E-state index is 0.00853. The second-order valence-corrected chi connectivity index (χ2v) is 6.46. The Balaban J connectivity index is 2.41. The van der Waals surface area contributed by atoms with Gasteiger partial charge in [0, 0.05) is 5.54 Å². The van der Waals surface area contributed by atoms with Gasteiger partial charge < -0.3 is 4.90 Å². The fourth-order valence-corrected chi connectivity index (χ4v) is 3.25. The molecule has 1 aromatic carbocycles. The van der Waals surface area contributed by atoms with Crippen molar-refractivity contribution in [2.45, 2.75) is 57.0 Å². The highest BCUT2D eigenvalue weighted by molar-refractivity contribution is 5.36. The summed E-state index contributed by atoms with van der Waals surface area (Å²) in [6, 6.07) is 8.97. The van der Waals surface area contributed by atoms with Crippen LogP contribution in [0.5, 0.6) is 0 Å². The van der Waals surface area contributed by atoms with Crippen LogP contribution in [-0.4, -0.2) is 24.5 Å². The number of rotatable bonds is 6. The maximum atomic E-state index is 5.96. The summed E-state index contributed by atoms with van der Waals surface area (Å²) in [7, 11) is 4.28. The van der Waals surface area contributed by atoms with Gasteiger partial charge in [0.25, 0.3) is 0 Å². The van der Waals surface area contributed by atoms with E-state index in [0.29, 0.717) is 0 Å². The van der Waals surface area contributed by atoms with Gasteiger partial charge in [-0.15, -0.1) is 0 Å². The molecule has 3 nitrogen and oxygen atoms in total. The van der Waals surface area contributed by atoms with Crippen molar-refractivity contribution in [1.82, 2.24) is 10.3 Å². The predicted molar refractivity (Wildman–Crippen MR) is 85.5 cm³/mol. The summed E-state index contributed by atoms with van der Waals surface area (Å²) < 4.78 is 0. The lowest BCUT2D eigenvalue weighted by Gasteiger charge is -2.44. The van der Waals surface area contributed by atoms with E-state index in [1.165, 1.54) is 30.4 Å². The van der Waals surface area contributed by atoms with Crippen molar-refractivity contribution in [2.75, 3.05) is 14.1 Å². The molecule has 2 atom stereocenters. The number of nitrogens with zero attached hydrogens (tertiary/aromatic N) is 1. The molecule has 2 rings (SSSR count). The van der Waals surface area contributed by atoms with E-state index >= 15 is 0 Å². The number of benzene rings is 1. The Morgan fingerprint density at radius 1 is 1.35 bits per heavy atom. The number of hydrogen-bond acceptors (Lipinski definition) is 3. The molecule has 0 heterocycles. The Hall–Kier alpha value is -0.900. The van der Waals surface area contributed by atoms with Gasteiger partial charge in [0.2, 0.25) is 0 Å². The van der Waals surface area contributed by atoms with Crippen molar-refractivity contribution in [3.05, 3.63) is 35.4 Å². The van der Waals surface area contributed by atoms with Gasteiger partial charge in [0.1, 0.15) is 0 Å². The molecule has 2 unspecified atom stereocenters. The summed E-state index contributed by atoms with van der Waals surface area (Å²) >= 11 is 0. The number of hydrazine groups is 1. The van der Waals surface area contributed by atoms with Crippen LogP contribution in [-0.2, 0) is 0 Å². The van der Waals surface area contributed by atoms with Gasteiger partial charge in [-0.2, -0.15) is 0 Å². The molecule has 1 aliphatic carbocycles. The minimum Gasteiger partial charge on any atom is -0.302 e. The molecule has 112 valence electrons. The standard InChI is InChI=1S/C17H29N3/c1-5-17(2,20(3)4)16(19-18)15-12-7-6-11-14(15)13-9-8-10-13/h6-7,11-13,16,19H,5,8-10,18H2,1-4H3. The van der Waals surface area contributed by atoms with Crippen LogP contribution in [0.1, 0.15) is 62.6 Å². The summed E-state index contributed by atoms with van der Waals surface area (Å²) in [5, 5.41) is 0. The summed E-state index contributed by atoms with van der Waals surface area (Å²) in [6.45, 7) is 4.52. The number of hydrogen-bond donors (Lipinski definition) is 2. The van der Waals surface area contributed by atoms with Crippen LogP contribution in [0.25, 0.3) is 0 Å². The van der Waals surface area contributed by atoms with Crippen molar-refractivity contribution in [3.8, 4) is 0 Å². The summed E-state index contributed by atoms with van der Waals surface area (Å²) in [5.74, 6) is 6.68. The first-order valence-electron chi connectivity index (χ1n) is 7.77. The Bertz CT molecular complexity index is 440. The van der Waals surface area contributed by atoms with Crippen molar-refractivity contribution in [3.63, 3.8) is 0 Å². The molecule has 1 fully saturated rings. The van der Waals surface area contributed by atoms with Gasteiger partial charge in [0.05, 0.1) is 6.04 Å². The second kappa shape index (κ2) is 6.25. The van der Waals surface area contributed by atoms with Gasteiger partial charge in [-0.3, -0.25) is 11.3 Å². The summed E-state index contributed by atoms with van der Waals surface area (Å²) in [6.07, 6.45) is 5.05. The quantitative estimate of drug-likeness (QED) is 0.619. The fraction of sp³-hybridized carbons (Fsp3) is 0.647. The third-order valence-corrected chi connectivity index (χ3v) is 5.38. The molecule has 0 amide bonds. The van der Waals surface area contributed by atoms with Crippen LogP contribution >= 0.6 is 0 Å². The van der Waals surface area contributed by atoms with Crippen molar-refractivity contribution in [1.29, 1.82) is 0 Å². The first-order valence-corrected chi connectivity index (χ1v) is 7.77. The minimum absolute atomic E-state index is 0.00853. The molecule has 1 saturated carbocycles. The summed E-state index contributed by atoms with van der Waals surface area (Å²) in [4.78, 5) is 2.29. The number of nitrogens with one attached hydrogen (secondary N) is 1. The van der Waals surface area contributed by atoms with Gasteiger partial charge >= 0.3 is 0 Å². The number of nitrogens with two attached hydrogens (primary N) is 1. The maximum Gasteiger partial charge on any atom is 0.0643 e. The molecule has 0 radical (unpaired) electrons. The van der Waals surface area contributed by atoms with Crippen LogP contribution in [0.15, 0.2) is 24.3 Å². The van der Waals surface area contributed by atoms with Crippen molar-refractivity contribution < 1.29 is 0 Å². The molecule has 0 aromatic heterocycles. The van der Waals surface area contributed by atoms with E-state index in [4.69, 9.17) is 5.84 Å². The van der Waals surface area contributed by atoms with E-state index in [1.807, 2.05) is 0 Å². The predicted octanol–water partition coefficient (Wildman–Crippen LogP) is 3.19. The Kier molecular flexibility index (Phi) is 4.84. The largest absolute Gasteiger partial charge is 0.302 e. The third-order valence-electron chi connectivity index (χ3n) is 5.38. The van der Waals surface area contributed by atoms with Crippen LogP contribution in [0.3, 0.4) is 0 Å². The molecule has 0 saturated heterocycles. The molecule has 0 aliphatic heterocycles. The molecule has 0 spiro atoms. The average Bonchev–Trinajstić information content (AvgIpc) is 2.39. The second-order valence-electron chi connectivity index (χ2n) is 6.46. The Morgan fingerprint density at radius 2 is 2.00 bits per heavy atom. The third kappa shape index (κ3) is 2.62. The van der Waals surface area contributed by atoms with E-state index in [9.17, 15) is 0 Å². The zero-order chi connectivity index (χ0) is 14.8. The molecule has 20 heavy (non-hydrogen) atoms. The van der Waals surface area contributed by atoms with E-state index in [-0.39, 0.29) is 11.6 Å². The van der Waals surface area contributed by atoms with E-state index in [0.717, 1.165) is 12.3 Å². The van der Waals surface area contributed by atoms with E-state index in [2.05, 4.69) is 62.5 Å². The molecule has 3 heteroatoms. The highest BCUT2D eigenvalue weighted by atomic mass is 15.3. The smallest absolute Gasteiger partial charge is 0.0643 e. The average molecular weight is 275 g/mol. The topological polar surface area (TPSA) is 41.3 Å². The van der Waals surface area contributed by atoms with E-state index < -0.39 is 0 Å². The SMILES string of the molecule is CCC(C)(C(NN)c1ccccc1C1CCC1)N(C)C. The fourth-order valence-electron chi connectivity index (χ4n) is 3.25. The molecule has 1 aromatic rings. The molecule has 1 aliphatic rings. The van der Waals surface area contributed by atoms with E-state index in [1.54, 1.807) is 0 Å². The first kappa shape index (κ1) is 15.5. The monoisotopic (exact) mass is 275 g/mol. The van der Waals surface area contributed by atoms with Gasteiger partial charge in [-0.1, -0.05) is 37.6 Å². The van der Waals surface area contributed by atoms with Crippen LogP contribution in [0.2, 0.25) is 0 Å². The molecule has 3 N–H and O–H groups in total. The molecular formula is C17H29N3. The van der Waals surface area contributed by atoms with Crippen molar-refractivity contribution >= 4 is 0 Å². The number of likely N-dealkylation sites (N-methyl/N-ethyl adjacent to an activating group) is 1. The van der Waals surface area contributed by atoms with Crippen molar-refractivity contribution in [2.24, 2.45) is 5.84 Å². The van der Waals surface area contributed by atoms with Crippen LogP contribution in [0, 0.1) is 0 Å². The lowest BCUT2D eigenvalue weighted by atomic mass is 9.74. The van der Waals surface area contributed by atoms with Gasteiger partial charge in [0.15, 0.2) is 0 Å².